The van der Waals surface area contributed by atoms with Crippen molar-refractivity contribution in [3.63, 3.8) is 0 Å². The molecule has 0 saturated carbocycles. The Morgan fingerprint density at radius 1 is 1.38 bits per heavy atom. The number of nitrogens with one attached hydrogen (secondary N) is 1. The maximum atomic E-state index is 12.1. The molecule has 0 unspecified atom stereocenters. The Kier molecular flexibility index (Phi) is 4.86. The summed E-state index contributed by atoms with van der Waals surface area (Å²) in [6, 6.07) is 3.57. The SMILES string of the molecule is Cc1cc(C(=O)NCCCn2cccn2)nc(N(C)C)n1. The van der Waals surface area contributed by atoms with Crippen LogP contribution in [-0.4, -0.2) is 46.3 Å². The highest BCUT2D eigenvalue weighted by Crippen LogP contribution is 2.07. The average molecular weight is 288 g/mol. The van der Waals surface area contributed by atoms with Crippen LogP contribution in [0, 0.1) is 6.92 Å². The molecular formula is C14H20N6O. The molecule has 21 heavy (non-hydrogen) atoms. The molecule has 0 aliphatic carbocycles. The van der Waals surface area contributed by atoms with E-state index in [2.05, 4.69) is 20.4 Å². The van der Waals surface area contributed by atoms with Crippen molar-refractivity contribution in [3.8, 4) is 0 Å². The van der Waals surface area contributed by atoms with Gasteiger partial charge >= 0.3 is 0 Å². The summed E-state index contributed by atoms with van der Waals surface area (Å²) in [5.41, 5.74) is 1.17. The van der Waals surface area contributed by atoms with E-state index in [0.717, 1.165) is 18.7 Å². The molecule has 1 N–H and O–H groups in total. The van der Waals surface area contributed by atoms with Gasteiger partial charge in [0.05, 0.1) is 0 Å². The van der Waals surface area contributed by atoms with Gasteiger partial charge in [-0.05, 0) is 25.5 Å². The summed E-state index contributed by atoms with van der Waals surface area (Å²) in [6.07, 6.45) is 4.46. The second-order valence-electron chi connectivity index (χ2n) is 4.97. The Balaban J connectivity index is 1.88. The van der Waals surface area contributed by atoms with Crippen molar-refractivity contribution < 1.29 is 4.79 Å². The summed E-state index contributed by atoms with van der Waals surface area (Å²) in [5.74, 6) is 0.362. The minimum absolute atomic E-state index is 0.177. The van der Waals surface area contributed by atoms with Crippen LogP contribution in [0.4, 0.5) is 5.95 Å². The molecule has 0 saturated heterocycles. The number of anilines is 1. The van der Waals surface area contributed by atoms with Crippen molar-refractivity contribution in [1.82, 2.24) is 25.1 Å². The zero-order chi connectivity index (χ0) is 15.2. The van der Waals surface area contributed by atoms with Crippen LogP contribution in [0.25, 0.3) is 0 Å². The van der Waals surface area contributed by atoms with Gasteiger partial charge < -0.3 is 10.2 Å². The molecule has 0 spiro atoms. The maximum Gasteiger partial charge on any atom is 0.270 e. The number of carbonyl (C=O) groups is 1. The number of hydrogen-bond acceptors (Lipinski definition) is 5. The van der Waals surface area contributed by atoms with Gasteiger partial charge in [-0.15, -0.1) is 0 Å². The van der Waals surface area contributed by atoms with Gasteiger partial charge in [-0.2, -0.15) is 5.10 Å². The third-order valence-corrected chi connectivity index (χ3v) is 2.88. The summed E-state index contributed by atoms with van der Waals surface area (Å²) in [4.78, 5) is 22.4. The Morgan fingerprint density at radius 2 is 2.19 bits per heavy atom. The first kappa shape index (κ1) is 15.0. The number of nitrogens with zero attached hydrogens (tertiary/aromatic N) is 5. The van der Waals surface area contributed by atoms with Crippen LogP contribution in [0.3, 0.4) is 0 Å². The average Bonchev–Trinajstić information content (AvgIpc) is 2.95. The molecule has 0 fully saturated rings. The number of rotatable bonds is 6. The van der Waals surface area contributed by atoms with Crippen molar-refractivity contribution in [1.29, 1.82) is 0 Å². The van der Waals surface area contributed by atoms with E-state index in [1.54, 1.807) is 17.2 Å². The van der Waals surface area contributed by atoms with Gasteiger partial charge in [0.25, 0.3) is 5.91 Å². The third kappa shape index (κ3) is 4.27. The second-order valence-corrected chi connectivity index (χ2v) is 4.97. The smallest absolute Gasteiger partial charge is 0.270 e. The fourth-order valence-electron chi connectivity index (χ4n) is 1.84. The zero-order valence-electron chi connectivity index (χ0n) is 12.6. The molecule has 7 nitrogen and oxygen atoms in total. The number of aryl methyl sites for hydroxylation is 2. The van der Waals surface area contributed by atoms with Gasteiger partial charge in [0, 0.05) is 45.3 Å². The van der Waals surface area contributed by atoms with Crippen LogP contribution in [0.5, 0.6) is 0 Å². The molecule has 0 aliphatic heterocycles. The van der Waals surface area contributed by atoms with Gasteiger partial charge in [-0.25, -0.2) is 9.97 Å². The van der Waals surface area contributed by atoms with Crippen molar-refractivity contribution >= 4 is 11.9 Å². The second kappa shape index (κ2) is 6.83. The fraction of sp³-hybridized carbons (Fsp3) is 0.429. The van der Waals surface area contributed by atoms with E-state index in [9.17, 15) is 4.79 Å². The third-order valence-electron chi connectivity index (χ3n) is 2.88. The van der Waals surface area contributed by atoms with Gasteiger partial charge in [0.15, 0.2) is 0 Å². The van der Waals surface area contributed by atoms with E-state index in [4.69, 9.17) is 0 Å². The van der Waals surface area contributed by atoms with Crippen molar-refractivity contribution in [3.05, 3.63) is 35.9 Å². The fourth-order valence-corrected chi connectivity index (χ4v) is 1.84. The summed E-state index contributed by atoms with van der Waals surface area (Å²) < 4.78 is 1.84. The van der Waals surface area contributed by atoms with Crippen LogP contribution in [0.2, 0.25) is 0 Å². The van der Waals surface area contributed by atoms with Crippen LogP contribution in [0.1, 0.15) is 22.6 Å². The largest absolute Gasteiger partial charge is 0.351 e. The first-order valence-corrected chi connectivity index (χ1v) is 6.85. The van der Waals surface area contributed by atoms with E-state index in [0.29, 0.717) is 18.2 Å². The maximum absolute atomic E-state index is 12.1. The van der Waals surface area contributed by atoms with Crippen LogP contribution in [0.15, 0.2) is 24.5 Å². The quantitative estimate of drug-likeness (QED) is 0.798. The molecule has 0 bridgehead atoms. The van der Waals surface area contributed by atoms with E-state index in [1.807, 2.05) is 38.0 Å². The highest BCUT2D eigenvalue weighted by molar-refractivity contribution is 5.92. The first-order chi connectivity index (χ1) is 10.1. The molecule has 0 radical (unpaired) electrons. The van der Waals surface area contributed by atoms with Gasteiger partial charge in [-0.1, -0.05) is 0 Å². The molecular weight excluding hydrogens is 268 g/mol. The first-order valence-electron chi connectivity index (χ1n) is 6.85. The number of aromatic nitrogens is 4. The topological polar surface area (TPSA) is 75.9 Å². The predicted octanol–water partition coefficient (Wildman–Crippen LogP) is 0.868. The molecule has 112 valence electrons. The molecule has 2 rings (SSSR count). The molecule has 2 aromatic heterocycles. The lowest BCUT2D eigenvalue weighted by molar-refractivity contribution is 0.0947. The predicted molar refractivity (Wildman–Crippen MR) is 80.3 cm³/mol. The number of hydrogen-bond donors (Lipinski definition) is 1. The van der Waals surface area contributed by atoms with Crippen molar-refractivity contribution in [2.75, 3.05) is 25.5 Å². The summed E-state index contributed by atoms with van der Waals surface area (Å²) in [6.45, 7) is 3.21. The molecule has 2 heterocycles. The summed E-state index contributed by atoms with van der Waals surface area (Å²) in [5, 5.41) is 6.98. The van der Waals surface area contributed by atoms with Gasteiger partial charge in [0.2, 0.25) is 5.95 Å². The van der Waals surface area contributed by atoms with E-state index < -0.39 is 0 Å². The van der Waals surface area contributed by atoms with Crippen molar-refractivity contribution in [2.45, 2.75) is 19.9 Å². The molecule has 2 aromatic rings. The normalized spacial score (nSPS) is 10.4. The Labute approximate surface area is 124 Å². The Morgan fingerprint density at radius 3 is 2.86 bits per heavy atom. The highest BCUT2D eigenvalue weighted by atomic mass is 16.1. The lowest BCUT2D eigenvalue weighted by Gasteiger charge is -2.12. The van der Waals surface area contributed by atoms with E-state index in [-0.39, 0.29) is 5.91 Å². The zero-order valence-corrected chi connectivity index (χ0v) is 12.6. The minimum atomic E-state index is -0.177. The summed E-state index contributed by atoms with van der Waals surface area (Å²) >= 11 is 0. The van der Waals surface area contributed by atoms with Gasteiger partial charge in [-0.3, -0.25) is 9.48 Å². The number of amides is 1. The molecule has 7 heteroatoms. The lowest BCUT2D eigenvalue weighted by Crippen LogP contribution is -2.27. The Hall–Kier alpha value is -2.44. The van der Waals surface area contributed by atoms with E-state index >= 15 is 0 Å². The Bertz CT molecular complexity index is 594. The van der Waals surface area contributed by atoms with Crippen LogP contribution < -0.4 is 10.2 Å². The summed E-state index contributed by atoms with van der Waals surface area (Å²) in [7, 11) is 3.70. The van der Waals surface area contributed by atoms with Gasteiger partial charge in [0.1, 0.15) is 5.69 Å². The minimum Gasteiger partial charge on any atom is -0.351 e. The van der Waals surface area contributed by atoms with Crippen molar-refractivity contribution in [2.24, 2.45) is 0 Å². The van der Waals surface area contributed by atoms with E-state index in [1.165, 1.54) is 0 Å². The van der Waals surface area contributed by atoms with Crippen LogP contribution >= 0.6 is 0 Å². The van der Waals surface area contributed by atoms with Crippen LogP contribution in [-0.2, 0) is 6.54 Å². The molecule has 0 atom stereocenters. The lowest BCUT2D eigenvalue weighted by atomic mass is 10.3. The molecule has 1 amide bonds. The monoisotopic (exact) mass is 288 g/mol. The molecule has 0 aliphatic rings. The molecule has 0 aromatic carbocycles. The number of carbonyl (C=O) groups excluding carboxylic acids is 1. The standard InChI is InChI=1S/C14H20N6O/c1-11-10-12(18-14(17-11)19(2)3)13(21)15-6-4-8-20-9-5-7-16-20/h5,7,9-10H,4,6,8H2,1-3H3,(H,15,21). The highest BCUT2D eigenvalue weighted by Gasteiger charge is 2.10.